The number of rotatable bonds is 3. The third-order valence-corrected chi connectivity index (χ3v) is 1.25. The normalized spacial score (nSPS) is 12.3. The topological polar surface area (TPSA) is 29.5 Å². The molecule has 54 valence electrons. The van der Waals surface area contributed by atoms with E-state index < -0.39 is 0 Å². The van der Waals surface area contributed by atoms with Crippen LogP contribution in [0.15, 0.2) is 11.8 Å². The fourth-order valence-electron chi connectivity index (χ4n) is 0.521. The van der Waals surface area contributed by atoms with Crippen LogP contribution in [0.1, 0.15) is 20.8 Å². The van der Waals surface area contributed by atoms with Crippen molar-refractivity contribution in [1.82, 2.24) is 0 Å². The second-order valence-corrected chi connectivity index (χ2v) is 2.32. The Kier molecular flexibility index (Phi) is 4.62. The van der Waals surface area contributed by atoms with Crippen LogP contribution in [0.25, 0.3) is 0 Å². The minimum Gasteiger partial charge on any atom is -0.405 e. The Morgan fingerprint density at radius 2 is 2.22 bits per heavy atom. The molecule has 0 heterocycles. The lowest BCUT2D eigenvalue weighted by Gasteiger charge is -2.06. The van der Waals surface area contributed by atoms with Gasteiger partial charge < -0.3 is 4.18 Å². The second kappa shape index (κ2) is 4.70. The average Bonchev–Trinajstić information content (AvgIpc) is 1.82. The molecule has 0 aliphatic carbocycles. The summed E-state index contributed by atoms with van der Waals surface area (Å²) >= 11 is 0.394. The van der Waals surface area contributed by atoms with Crippen LogP contribution in [-0.2, 0) is 4.18 Å². The van der Waals surface area contributed by atoms with Crippen molar-refractivity contribution in [3.63, 3.8) is 0 Å². The third-order valence-electron chi connectivity index (χ3n) is 0.987. The molecule has 0 unspecified atom stereocenters. The Labute approximate surface area is 60.3 Å². The van der Waals surface area contributed by atoms with Gasteiger partial charge in [-0.25, -0.2) is 0 Å². The van der Waals surface area contributed by atoms with Crippen molar-refractivity contribution in [2.24, 2.45) is 5.92 Å². The smallest absolute Gasteiger partial charge is 0.222 e. The Morgan fingerprint density at radius 1 is 1.67 bits per heavy atom. The first-order valence-corrected chi connectivity index (χ1v) is 3.56. The van der Waals surface area contributed by atoms with E-state index in [4.69, 9.17) is 8.74 Å². The van der Waals surface area contributed by atoms with E-state index in [0.29, 0.717) is 18.2 Å². The maximum absolute atomic E-state index is 8.27. The molecule has 2 nitrogen and oxygen atoms in total. The first-order chi connectivity index (χ1) is 4.22. The molecule has 0 aliphatic rings. The molecule has 0 saturated heterocycles. The van der Waals surface area contributed by atoms with E-state index >= 15 is 0 Å². The lowest BCUT2D eigenvalue weighted by molar-refractivity contribution is 0.389. The highest BCUT2D eigenvalue weighted by molar-refractivity contribution is 7.89. The van der Waals surface area contributed by atoms with Gasteiger partial charge in [0.15, 0.2) is 0 Å². The van der Waals surface area contributed by atoms with Crippen LogP contribution in [0.2, 0.25) is 0 Å². The van der Waals surface area contributed by atoms with Gasteiger partial charge in [0.05, 0.1) is 0 Å². The van der Waals surface area contributed by atoms with Crippen molar-refractivity contribution >= 4 is 12.3 Å². The van der Waals surface area contributed by atoms with E-state index in [1.54, 1.807) is 0 Å². The van der Waals surface area contributed by atoms with Crippen LogP contribution in [0, 0.1) is 5.92 Å². The average molecular weight is 148 g/mol. The van der Waals surface area contributed by atoms with E-state index in [2.05, 4.69) is 0 Å². The highest BCUT2D eigenvalue weighted by Gasteiger charge is 2.01. The Balaban J connectivity index is 3.70. The molecule has 0 saturated carbocycles. The zero-order valence-electron chi connectivity index (χ0n) is 5.92. The molecule has 9 heavy (non-hydrogen) atoms. The summed E-state index contributed by atoms with van der Waals surface area (Å²) in [6.45, 7) is 5.89. The summed E-state index contributed by atoms with van der Waals surface area (Å²) in [4.78, 5) is 0. The molecule has 0 aliphatic heterocycles. The Bertz CT molecular complexity index is 99.2. The highest BCUT2D eigenvalue weighted by Crippen LogP contribution is 2.15. The van der Waals surface area contributed by atoms with Crippen molar-refractivity contribution in [2.75, 3.05) is 0 Å². The first-order valence-electron chi connectivity index (χ1n) is 2.86. The number of hydrogen-bond donors (Lipinski definition) is 1. The lowest BCUT2D eigenvalue weighted by atomic mass is 10.2. The van der Waals surface area contributed by atoms with Crippen molar-refractivity contribution in [2.45, 2.75) is 20.8 Å². The van der Waals surface area contributed by atoms with E-state index in [1.165, 1.54) is 0 Å². The molecule has 0 radical (unpaired) electrons. The molecule has 0 atom stereocenters. The van der Waals surface area contributed by atoms with E-state index in [0.717, 1.165) is 5.76 Å². The van der Waals surface area contributed by atoms with Gasteiger partial charge >= 0.3 is 0 Å². The van der Waals surface area contributed by atoms with Crippen molar-refractivity contribution in [1.29, 1.82) is 0 Å². The molecular weight excluding hydrogens is 136 g/mol. The minimum atomic E-state index is 0.342. The first kappa shape index (κ1) is 8.85. The molecule has 0 fully saturated rings. The maximum atomic E-state index is 8.27. The highest BCUT2D eigenvalue weighted by atomic mass is 32.2. The summed E-state index contributed by atoms with van der Waals surface area (Å²) in [6, 6.07) is 0. The Hall–Kier alpha value is -0.150. The predicted molar refractivity (Wildman–Crippen MR) is 39.9 cm³/mol. The van der Waals surface area contributed by atoms with Crippen molar-refractivity contribution in [3.8, 4) is 0 Å². The van der Waals surface area contributed by atoms with Gasteiger partial charge in [-0.2, -0.15) is 0 Å². The quantitative estimate of drug-likeness (QED) is 0.493. The van der Waals surface area contributed by atoms with Gasteiger partial charge in [-0.1, -0.05) is 13.8 Å². The van der Waals surface area contributed by atoms with Gasteiger partial charge in [0, 0.05) is 5.92 Å². The summed E-state index contributed by atoms with van der Waals surface area (Å²) < 4.78 is 13.1. The molecule has 0 aromatic heterocycles. The van der Waals surface area contributed by atoms with Crippen LogP contribution in [0.4, 0.5) is 0 Å². The van der Waals surface area contributed by atoms with Crippen LogP contribution in [0.5, 0.6) is 0 Å². The van der Waals surface area contributed by atoms with Gasteiger partial charge in [0.25, 0.3) is 0 Å². The Morgan fingerprint density at radius 3 is 2.33 bits per heavy atom. The molecular formula is C6H12O2S. The third kappa shape index (κ3) is 3.43. The molecule has 0 amide bonds. The predicted octanol–water partition coefficient (Wildman–Crippen LogP) is 2.68. The fourth-order valence-corrected chi connectivity index (χ4v) is 0.895. The summed E-state index contributed by atoms with van der Waals surface area (Å²) in [6.07, 6.45) is 1.84. The van der Waals surface area contributed by atoms with Crippen LogP contribution in [0.3, 0.4) is 0 Å². The zero-order chi connectivity index (χ0) is 7.28. The molecule has 0 spiro atoms. The van der Waals surface area contributed by atoms with E-state index in [1.807, 2.05) is 26.8 Å². The SMILES string of the molecule is C/C=C(/OSO)C(C)C. The maximum Gasteiger partial charge on any atom is 0.222 e. The standard InChI is InChI=1S/C6H12O2S/c1-4-6(5(2)3)8-9-7/h4-5,7H,1-3H3/b6-4+. The van der Waals surface area contributed by atoms with Gasteiger partial charge in [-0.15, -0.1) is 0 Å². The van der Waals surface area contributed by atoms with Crippen molar-refractivity contribution < 1.29 is 8.74 Å². The van der Waals surface area contributed by atoms with Crippen LogP contribution in [-0.4, -0.2) is 4.55 Å². The van der Waals surface area contributed by atoms with Gasteiger partial charge in [0.2, 0.25) is 12.3 Å². The number of hydrogen-bond acceptors (Lipinski definition) is 3. The summed E-state index contributed by atoms with van der Waals surface area (Å²) in [5.74, 6) is 1.15. The minimum absolute atomic E-state index is 0.342. The molecule has 0 aromatic rings. The lowest BCUT2D eigenvalue weighted by Crippen LogP contribution is -1.93. The van der Waals surface area contributed by atoms with Crippen LogP contribution >= 0.6 is 12.3 Å². The summed E-state index contributed by atoms with van der Waals surface area (Å²) in [5, 5.41) is 0. The molecule has 0 rings (SSSR count). The molecule has 0 aromatic carbocycles. The second-order valence-electron chi connectivity index (χ2n) is 2.00. The molecule has 0 bridgehead atoms. The van der Waals surface area contributed by atoms with Gasteiger partial charge in [0.1, 0.15) is 5.76 Å². The molecule has 1 N–H and O–H groups in total. The fraction of sp³-hybridized carbons (Fsp3) is 0.667. The van der Waals surface area contributed by atoms with Gasteiger partial charge in [-0.05, 0) is 13.0 Å². The molecule has 3 heteroatoms. The van der Waals surface area contributed by atoms with Crippen molar-refractivity contribution in [3.05, 3.63) is 11.8 Å². The van der Waals surface area contributed by atoms with Crippen LogP contribution < -0.4 is 0 Å². The van der Waals surface area contributed by atoms with E-state index in [9.17, 15) is 0 Å². The van der Waals surface area contributed by atoms with E-state index in [-0.39, 0.29) is 0 Å². The zero-order valence-corrected chi connectivity index (χ0v) is 6.73. The number of allylic oxidation sites excluding steroid dienone is 2. The monoisotopic (exact) mass is 148 g/mol. The largest absolute Gasteiger partial charge is 0.405 e. The summed E-state index contributed by atoms with van der Waals surface area (Å²) in [5.41, 5.74) is 0. The summed E-state index contributed by atoms with van der Waals surface area (Å²) in [7, 11) is 0. The van der Waals surface area contributed by atoms with Gasteiger partial charge in [-0.3, -0.25) is 4.55 Å².